The van der Waals surface area contributed by atoms with Crippen LogP contribution in [0.3, 0.4) is 0 Å². The van der Waals surface area contributed by atoms with Gasteiger partial charge in [-0.15, -0.1) is 0 Å². The molecule has 3 fully saturated rings. The van der Waals surface area contributed by atoms with Crippen molar-refractivity contribution in [3.63, 3.8) is 0 Å². The molecular formula is C23H20N2O4. The highest BCUT2D eigenvalue weighted by Crippen LogP contribution is 2.65. The number of rotatable bonds is 3. The predicted molar refractivity (Wildman–Crippen MR) is 103 cm³/mol. The summed E-state index contributed by atoms with van der Waals surface area (Å²) in [5.74, 6) is 0.0121. The highest BCUT2D eigenvalue weighted by molar-refractivity contribution is 6.09. The first kappa shape index (κ1) is 16.9. The van der Waals surface area contributed by atoms with Gasteiger partial charge in [0.15, 0.2) is 5.75 Å². The van der Waals surface area contributed by atoms with E-state index in [4.69, 9.17) is 4.74 Å². The molecule has 1 aromatic carbocycles. The first-order chi connectivity index (χ1) is 14.1. The molecule has 0 N–H and O–H groups in total. The Hall–Kier alpha value is -3.02. The maximum atomic E-state index is 13.2. The zero-order chi connectivity index (χ0) is 19.9. The number of carbonyl (C=O) groups is 3. The van der Waals surface area contributed by atoms with Gasteiger partial charge < -0.3 is 4.74 Å². The molecule has 4 aliphatic carbocycles. The van der Waals surface area contributed by atoms with E-state index in [1.54, 1.807) is 25.3 Å². The lowest BCUT2D eigenvalue weighted by molar-refractivity contribution is -0.152. The van der Waals surface area contributed by atoms with Crippen LogP contribution < -0.4 is 4.74 Å². The van der Waals surface area contributed by atoms with Crippen LogP contribution in [0.15, 0.2) is 48.7 Å². The van der Waals surface area contributed by atoms with Crippen LogP contribution in [0.1, 0.15) is 13.3 Å². The number of hydrogen-bond donors (Lipinski definition) is 0. The van der Waals surface area contributed by atoms with Gasteiger partial charge in [0, 0.05) is 11.6 Å². The van der Waals surface area contributed by atoms with Gasteiger partial charge >= 0.3 is 5.97 Å². The highest BCUT2D eigenvalue weighted by atomic mass is 16.5. The molecule has 6 nitrogen and oxygen atoms in total. The van der Waals surface area contributed by atoms with E-state index < -0.39 is 12.0 Å². The molecule has 146 valence electrons. The van der Waals surface area contributed by atoms with Crippen LogP contribution >= 0.6 is 0 Å². The SMILES string of the molecule is C[C@H](C(=O)Oc1cccc2cccnc12)N1C(=O)[C@@H]2[C@H]3C=C[C@@H]([C@@H]4C[C@@H]34)[C@@H]2C1=O. The van der Waals surface area contributed by atoms with Crippen molar-refractivity contribution in [3.8, 4) is 5.75 Å². The number of amides is 2. The maximum absolute atomic E-state index is 13.2. The summed E-state index contributed by atoms with van der Waals surface area (Å²) in [7, 11) is 0. The van der Waals surface area contributed by atoms with Crippen molar-refractivity contribution in [2.75, 3.05) is 0 Å². The topological polar surface area (TPSA) is 76.6 Å². The molecule has 0 unspecified atom stereocenters. The Morgan fingerprint density at radius 1 is 1.07 bits per heavy atom. The minimum Gasteiger partial charge on any atom is -0.423 e. The Morgan fingerprint density at radius 2 is 1.72 bits per heavy atom. The fourth-order valence-electron chi connectivity index (χ4n) is 5.82. The average molecular weight is 388 g/mol. The van der Waals surface area contributed by atoms with Crippen LogP contribution in [0.2, 0.25) is 0 Å². The number of esters is 1. The largest absolute Gasteiger partial charge is 0.423 e. The zero-order valence-electron chi connectivity index (χ0n) is 15.9. The average Bonchev–Trinajstić information content (AvgIpc) is 3.51. The molecule has 1 aliphatic heterocycles. The number of fused-ring (bicyclic) bond motifs is 1. The number of para-hydroxylation sites is 1. The molecule has 7 rings (SSSR count). The van der Waals surface area contributed by atoms with E-state index in [1.165, 1.54) is 0 Å². The Kier molecular flexibility index (Phi) is 3.35. The van der Waals surface area contributed by atoms with Crippen molar-refractivity contribution < 1.29 is 19.1 Å². The van der Waals surface area contributed by atoms with E-state index in [1.807, 2.05) is 18.2 Å². The Bertz CT molecular complexity index is 1070. The minimum absolute atomic E-state index is 0.141. The summed E-state index contributed by atoms with van der Waals surface area (Å²) in [5.41, 5.74) is 0.575. The minimum atomic E-state index is -0.963. The van der Waals surface area contributed by atoms with Crippen LogP contribution in [0.5, 0.6) is 5.75 Å². The van der Waals surface area contributed by atoms with Crippen molar-refractivity contribution in [2.24, 2.45) is 35.5 Å². The van der Waals surface area contributed by atoms with Gasteiger partial charge in [-0.25, -0.2) is 4.79 Å². The molecule has 2 bridgehead atoms. The molecule has 1 saturated heterocycles. The van der Waals surface area contributed by atoms with Gasteiger partial charge in [0.05, 0.1) is 11.8 Å². The van der Waals surface area contributed by atoms with Crippen LogP contribution in [0, 0.1) is 35.5 Å². The van der Waals surface area contributed by atoms with E-state index in [2.05, 4.69) is 17.1 Å². The second kappa shape index (κ2) is 5.75. The van der Waals surface area contributed by atoms with Crippen LogP contribution in [-0.2, 0) is 14.4 Å². The summed E-state index contributed by atoms with van der Waals surface area (Å²) in [6.07, 6.45) is 7.00. The highest BCUT2D eigenvalue weighted by Gasteiger charge is 2.67. The van der Waals surface area contributed by atoms with E-state index >= 15 is 0 Å². The Balaban J connectivity index is 1.27. The molecule has 2 heterocycles. The molecule has 5 aliphatic rings. The second-order valence-electron chi connectivity index (χ2n) is 8.63. The summed E-state index contributed by atoms with van der Waals surface area (Å²) in [4.78, 5) is 44.7. The van der Waals surface area contributed by atoms with Crippen molar-refractivity contribution in [1.82, 2.24) is 9.88 Å². The first-order valence-corrected chi connectivity index (χ1v) is 10.2. The van der Waals surface area contributed by atoms with Crippen molar-refractivity contribution >= 4 is 28.7 Å². The fourth-order valence-corrected chi connectivity index (χ4v) is 5.82. The third-order valence-electron chi connectivity index (χ3n) is 7.23. The van der Waals surface area contributed by atoms with Crippen LogP contribution in [0.25, 0.3) is 10.9 Å². The normalized spacial score (nSPS) is 34.9. The lowest BCUT2D eigenvalue weighted by Gasteiger charge is -2.37. The number of carbonyl (C=O) groups excluding carboxylic acids is 3. The van der Waals surface area contributed by atoms with E-state index in [0.717, 1.165) is 16.7 Å². The van der Waals surface area contributed by atoms with Gasteiger partial charge in [0.2, 0.25) is 11.8 Å². The molecule has 29 heavy (non-hydrogen) atoms. The number of nitrogens with zero attached hydrogens (tertiary/aromatic N) is 2. The Morgan fingerprint density at radius 3 is 2.41 bits per heavy atom. The summed E-state index contributed by atoms with van der Waals surface area (Å²) < 4.78 is 5.59. The molecule has 1 aromatic heterocycles. The van der Waals surface area contributed by atoms with Gasteiger partial charge in [-0.1, -0.05) is 30.4 Å². The van der Waals surface area contributed by atoms with Crippen LogP contribution in [0.4, 0.5) is 0 Å². The van der Waals surface area contributed by atoms with Crippen molar-refractivity contribution in [1.29, 1.82) is 0 Å². The van der Waals surface area contributed by atoms with E-state index in [-0.39, 0.29) is 35.5 Å². The predicted octanol–water partition coefficient (Wildman–Crippen LogP) is 2.58. The number of pyridine rings is 1. The Labute approximate surface area is 167 Å². The number of imide groups is 1. The van der Waals surface area contributed by atoms with Crippen LogP contribution in [-0.4, -0.2) is 33.7 Å². The van der Waals surface area contributed by atoms with Gasteiger partial charge in [-0.05, 0) is 49.1 Å². The molecule has 0 spiro atoms. The summed E-state index contributed by atoms with van der Waals surface area (Å²) in [5, 5.41) is 0.853. The number of aromatic nitrogens is 1. The number of likely N-dealkylation sites (tertiary alicyclic amines) is 1. The van der Waals surface area contributed by atoms with E-state index in [9.17, 15) is 14.4 Å². The summed E-state index contributed by atoms with van der Waals surface area (Å²) in [6, 6.07) is 8.08. The van der Waals surface area contributed by atoms with E-state index in [0.29, 0.717) is 23.1 Å². The standard InChI is InChI=1S/C23H20N2O4/c1-11(23(28)29-17-6-2-4-12-5-3-9-24-20(12)17)25-21(26)18-13-7-8-14(16-10-15(13)16)19(18)22(25)27/h2-9,11,13-16,18-19H,10H2,1H3/t11-,13+,14+,15+,16+,18-,19+/m1/s1. The summed E-state index contributed by atoms with van der Waals surface area (Å²) >= 11 is 0. The van der Waals surface area contributed by atoms with Crippen molar-refractivity contribution in [2.45, 2.75) is 19.4 Å². The number of benzene rings is 1. The second-order valence-corrected chi connectivity index (χ2v) is 8.63. The molecule has 7 atom stereocenters. The quantitative estimate of drug-likeness (QED) is 0.350. The third-order valence-corrected chi connectivity index (χ3v) is 7.23. The fraction of sp³-hybridized carbons (Fsp3) is 0.391. The molecular weight excluding hydrogens is 368 g/mol. The maximum Gasteiger partial charge on any atom is 0.334 e. The number of hydrogen-bond acceptors (Lipinski definition) is 5. The van der Waals surface area contributed by atoms with Gasteiger partial charge in [-0.2, -0.15) is 0 Å². The van der Waals surface area contributed by atoms with Gasteiger partial charge in [0.1, 0.15) is 11.6 Å². The molecule has 0 radical (unpaired) electrons. The molecule has 2 aromatic rings. The molecule has 2 saturated carbocycles. The number of ether oxygens (including phenoxy) is 1. The smallest absolute Gasteiger partial charge is 0.334 e. The lowest BCUT2D eigenvalue weighted by Crippen LogP contribution is -2.45. The van der Waals surface area contributed by atoms with Crippen molar-refractivity contribution in [3.05, 3.63) is 48.7 Å². The van der Waals surface area contributed by atoms with Gasteiger partial charge in [0.25, 0.3) is 0 Å². The summed E-state index contributed by atoms with van der Waals surface area (Å²) in [6.45, 7) is 1.57. The third kappa shape index (κ3) is 2.23. The zero-order valence-corrected chi connectivity index (χ0v) is 15.9. The molecule has 6 heteroatoms. The monoisotopic (exact) mass is 388 g/mol. The number of allylic oxidation sites excluding steroid dienone is 2. The molecule has 2 amide bonds. The lowest BCUT2D eigenvalue weighted by atomic mass is 9.63. The first-order valence-electron chi connectivity index (χ1n) is 10.2. The van der Waals surface area contributed by atoms with Gasteiger partial charge in [-0.3, -0.25) is 19.5 Å².